The van der Waals surface area contributed by atoms with Gasteiger partial charge < -0.3 is 10.6 Å². The molecule has 0 bridgehead atoms. The van der Waals surface area contributed by atoms with Crippen LogP contribution < -0.4 is 10.6 Å². The summed E-state index contributed by atoms with van der Waals surface area (Å²) in [6.07, 6.45) is 1.55. The lowest BCUT2D eigenvalue weighted by Crippen LogP contribution is -2.05. The lowest BCUT2D eigenvalue weighted by Gasteiger charge is -2.04. The van der Waals surface area contributed by atoms with Gasteiger partial charge >= 0.3 is 0 Å². The molecule has 0 saturated carbocycles. The van der Waals surface area contributed by atoms with Gasteiger partial charge in [-0.3, -0.25) is 14.9 Å². The highest BCUT2D eigenvalue weighted by atomic mass is 32.1. The minimum absolute atomic E-state index is 0.0162. The highest BCUT2D eigenvalue weighted by Gasteiger charge is 2.12. The van der Waals surface area contributed by atoms with Crippen LogP contribution in [-0.4, -0.2) is 15.8 Å². The Morgan fingerprint density at radius 3 is 2.62 bits per heavy atom. The lowest BCUT2D eigenvalue weighted by molar-refractivity contribution is -0.384. The molecule has 144 valence electrons. The van der Waals surface area contributed by atoms with Gasteiger partial charge in [-0.2, -0.15) is 5.26 Å². The van der Waals surface area contributed by atoms with Crippen molar-refractivity contribution in [2.75, 3.05) is 10.6 Å². The molecule has 0 aliphatic heterocycles. The SMILES string of the molecule is CC(=O)Nc1ccc(N/C=C(\C#N)c2nc(-c3cccc([N+](=O)[O-])c3)cs2)cc1. The fraction of sp³-hybridized carbons (Fsp3) is 0.0500. The minimum atomic E-state index is -0.460. The molecule has 9 heteroatoms. The van der Waals surface area contributed by atoms with Crippen LogP contribution in [0.4, 0.5) is 17.1 Å². The van der Waals surface area contributed by atoms with E-state index < -0.39 is 4.92 Å². The number of anilines is 2. The summed E-state index contributed by atoms with van der Waals surface area (Å²) >= 11 is 1.28. The van der Waals surface area contributed by atoms with Gasteiger partial charge in [0.2, 0.25) is 5.91 Å². The molecule has 1 amide bonds. The molecule has 0 saturated heterocycles. The summed E-state index contributed by atoms with van der Waals surface area (Å²) in [5.74, 6) is -0.152. The molecule has 0 fully saturated rings. The number of amides is 1. The molecule has 2 aromatic carbocycles. The summed E-state index contributed by atoms with van der Waals surface area (Å²) < 4.78 is 0. The predicted octanol–water partition coefficient (Wildman–Crippen LogP) is 4.65. The van der Waals surface area contributed by atoms with E-state index in [-0.39, 0.29) is 11.6 Å². The lowest BCUT2D eigenvalue weighted by atomic mass is 10.1. The maximum absolute atomic E-state index is 11.1. The van der Waals surface area contributed by atoms with E-state index in [0.29, 0.717) is 27.5 Å². The summed E-state index contributed by atoms with van der Waals surface area (Å²) in [6.45, 7) is 1.43. The second-order valence-corrected chi connectivity index (χ2v) is 6.78. The maximum Gasteiger partial charge on any atom is 0.270 e. The van der Waals surface area contributed by atoms with E-state index in [1.807, 2.05) is 0 Å². The molecule has 1 heterocycles. The van der Waals surface area contributed by atoms with E-state index in [1.165, 1.54) is 30.4 Å². The second kappa shape index (κ2) is 8.77. The Kier molecular flexibility index (Phi) is 5.97. The number of nitrogens with one attached hydrogen (secondary N) is 2. The number of carbonyl (C=O) groups excluding carboxylic acids is 1. The number of nitro groups is 1. The van der Waals surface area contributed by atoms with E-state index in [2.05, 4.69) is 21.7 Å². The number of rotatable bonds is 6. The van der Waals surface area contributed by atoms with Gasteiger partial charge in [-0.05, 0) is 24.3 Å². The topological polar surface area (TPSA) is 121 Å². The molecule has 3 aromatic rings. The number of aromatic nitrogens is 1. The summed E-state index contributed by atoms with van der Waals surface area (Å²) in [5.41, 5.74) is 2.90. The number of nitro benzene ring substituents is 1. The Labute approximate surface area is 170 Å². The van der Waals surface area contributed by atoms with Gasteiger partial charge in [-0.25, -0.2) is 4.98 Å². The smallest absolute Gasteiger partial charge is 0.270 e. The highest BCUT2D eigenvalue weighted by Crippen LogP contribution is 2.28. The van der Waals surface area contributed by atoms with Crippen LogP contribution >= 0.6 is 11.3 Å². The van der Waals surface area contributed by atoms with Gasteiger partial charge in [0.1, 0.15) is 16.6 Å². The fourth-order valence-corrected chi connectivity index (χ4v) is 3.25. The molecule has 0 spiro atoms. The van der Waals surface area contributed by atoms with Crippen LogP contribution in [0.2, 0.25) is 0 Å². The van der Waals surface area contributed by atoms with E-state index in [4.69, 9.17) is 0 Å². The third-order valence-corrected chi connectivity index (χ3v) is 4.67. The Balaban J connectivity index is 1.77. The molecular weight excluding hydrogens is 390 g/mol. The van der Waals surface area contributed by atoms with Crippen LogP contribution in [0, 0.1) is 21.4 Å². The number of benzene rings is 2. The maximum atomic E-state index is 11.1. The van der Waals surface area contributed by atoms with Crippen LogP contribution in [0.3, 0.4) is 0 Å². The van der Waals surface area contributed by atoms with Gasteiger partial charge in [0.05, 0.1) is 10.6 Å². The first-order valence-corrected chi connectivity index (χ1v) is 9.29. The number of nitrogens with zero attached hydrogens (tertiary/aromatic N) is 3. The van der Waals surface area contributed by atoms with Crippen molar-refractivity contribution in [3.63, 3.8) is 0 Å². The highest BCUT2D eigenvalue weighted by molar-refractivity contribution is 7.11. The number of carbonyl (C=O) groups is 1. The first-order chi connectivity index (χ1) is 14.0. The third-order valence-electron chi connectivity index (χ3n) is 3.80. The van der Waals surface area contributed by atoms with Crippen molar-refractivity contribution in [2.45, 2.75) is 6.92 Å². The van der Waals surface area contributed by atoms with Gasteiger partial charge in [0.15, 0.2) is 0 Å². The number of allylic oxidation sites excluding steroid dienone is 1. The molecule has 1 aromatic heterocycles. The van der Waals surface area contributed by atoms with Gasteiger partial charge in [-0.15, -0.1) is 11.3 Å². The molecule has 0 aliphatic rings. The molecule has 0 aliphatic carbocycles. The quantitative estimate of drug-likeness (QED) is 0.350. The van der Waals surface area contributed by atoms with Crippen molar-refractivity contribution in [1.82, 2.24) is 4.98 Å². The Morgan fingerprint density at radius 1 is 1.24 bits per heavy atom. The fourth-order valence-electron chi connectivity index (χ4n) is 2.46. The zero-order chi connectivity index (χ0) is 20.8. The zero-order valence-electron chi connectivity index (χ0n) is 15.2. The molecule has 3 rings (SSSR count). The Morgan fingerprint density at radius 2 is 1.97 bits per heavy atom. The predicted molar refractivity (Wildman–Crippen MR) is 112 cm³/mol. The largest absolute Gasteiger partial charge is 0.360 e. The summed E-state index contributed by atoms with van der Waals surface area (Å²) in [7, 11) is 0. The molecule has 0 unspecified atom stereocenters. The summed E-state index contributed by atoms with van der Waals surface area (Å²) in [6, 6.07) is 15.3. The van der Waals surface area contributed by atoms with Crippen molar-refractivity contribution in [3.8, 4) is 17.3 Å². The van der Waals surface area contributed by atoms with Crippen LogP contribution in [0.5, 0.6) is 0 Å². The van der Waals surface area contributed by atoms with Gasteiger partial charge in [-0.1, -0.05) is 12.1 Å². The first kappa shape index (κ1) is 19.7. The average Bonchev–Trinajstić information content (AvgIpc) is 3.19. The molecule has 0 atom stereocenters. The van der Waals surface area contributed by atoms with Crippen molar-refractivity contribution in [1.29, 1.82) is 5.26 Å². The van der Waals surface area contributed by atoms with Gasteiger partial charge in [0.25, 0.3) is 5.69 Å². The second-order valence-electron chi connectivity index (χ2n) is 5.92. The third kappa shape index (κ3) is 5.03. The number of thiazole rings is 1. The van der Waals surface area contributed by atoms with E-state index in [9.17, 15) is 20.2 Å². The molecule has 2 N–H and O–H groups in total. The van der Waals surface area contributed by atoms with Gasteiger partial charge in [0, 0.05) is 47.6 Å². The van der Waals surface area contributed by atoms with Crippen molar-refractivity contribution in [3.05, 3.63) is 75.2 Å². The van der Waals surface area contributed by atoms with Crippen molar-refractivity contribution in [2.24, 2.45) is 0 Å². The van der Waals surface area contributed by atoms with Crippen LogP contribution in [0.25, 0.3) is 16.8 Å². The Hall–Kier alpha value is -4.03. The standard InChI is InChI=1S/C20H15N5O3S/c1-13(26)23-17-7-5-16(6-8-17)22-11-15(10-21)20-24-19(12-29-20)14-3-2-4-18(9-14)25(27)28/h2-9,11-12,22H,1H3,(H,23,26)/b15-11+. The summed E-state index contributed by atoms with van der Waals surface area (Å²) in [4.78, 5) is 26.0. The van der Waals surface area contributed by atoms with E-state index >= 15 is 0 Å². The Bertz CT molecular complexity index is 1130. The molecule has 0 radical (unpaired) electrons. The molecule has 8 nitrogen and oxygen atoms in total. The van der Waals surface area contributed by atoms with Crippen LogP contribution in [-0.2, 0) is 4.79 Å². The van der Waals surface area contributed by atoms with Crippen LogP contribution in [0.15, 0.2) is 60.1 Å². The zero-order valence-corrected chi connectivity index (χ0v) is 16.1. The van der Waals surface area contributed by atoms with E-state index in [1.54, 1.807) is 48.0 Å². The minimum Gasteiger partial charge on any atom is -0.360 e. The number of nitriles is 1. The monoisotopic (exact) mass is 405 g/mol. The summed E-state index contributed by atoms with van der Waals surface area (Å²) in [5, 5.41) is 28.4. The number of non-ortho nitro benzene ring substituents is 1. The number of hydrogen-bond acceptors (Lipinski definition) is 7. The van der Waals surface area contributed by atoms with Crippen molar-refractivity contribution < 1.29 is 9.72 Å². The normalized spacial score (nSPS) is 10.8. The van der Waals surface area contributed by atoms with E-state index in [0.717, 1.165) is 5.69 Å². The van der Waals surface area contributed by atoms with Crippen LogP contribution in [0.1, 0.15) is 11.9 Å². The molecule has 29 heavy (non-hydrogen) atoms. The first-order valence-electron chi connectivity index (χ1n) is 8.41. The number of hydrogen-bond donors (Lipinski definition) is 2. The molecular formula is C20H15N5O3S. The average molecular weight is 405 g/mol. The van der Waals surface area contributed by atoms with Crippen molar-refractivity contribution >= 4 is 39.9 Å².